The molecule has 5 heteroatoms. The molecule has 2 unspecified atom stereocenters. The van der Waals surface area contributed by atoms with Crippen molar-refractivity contribution in [1.29, 1.82) is 0 Å². The second-order valence-electron chi connectivity index (χ2n) is 4.82. The first-order chi connectivity index (χ1) is 9.56. The van der Waals surface area contributed by atoms with E-state index in [-0.39, 0.29) is 5.92 Å². The largest absolute Gasteiger partial charge is 0.382 e. The Morgan fingerprint density at radius 1 is 1.00 bits per heavy atom. The van der Waals surface area contributed by atoms with E-state index in [0.717, 1.165) is 10.0 Å². The highest BCUT2D eigenvalue weighted by molar-refractivity contribution is 9.10. The SMILES string of the molecule is O=S(=O)(Oc1ccc(Br)cc1)C1CC1c1ccccc1. The predicted octanol–water partition coefficient (Wildman–Crippen LogP) is 3.71. The Labute approximate surface area is 126 Å². The number of hydrogen-bond acceptors (Lipinski definition) is 3. The van der Waals surface area contributed by atoms with Gasteiger partial charge in [-0.25, -0.2) is 0 Å². The molecule has 0 saturated heterocycles. The average molecular weight is 353 g/mol. The lowest BCUT2D eigenvalue weighted by atomic mass is 10.1. The van der Waals surface area contributed by atoms with Crippen LogP contribution in [0.25, 0.3) is 0 Å². The van der Waals surface area contributed by atoms with Crippen molar-refractivity contribution in [3.05, 3.63) is 64.6 Å². The molecule has 0 aromatic heterocycles. The minimum atomic E-state index is -3.57. The second-order valence-corrected chi connectivity index (χ2v) is 7.49. The third-order valence-corrected chi connectivity index (χ3v) is 5.57. The number of rotatable bonds is 4. The molecule has 0 bridgehead atoms. The summed E-state index contributed by atoms with van der Waals surface area (Å²) in [7, 11) is -3.57. The van der Waals surface area contributed by atoms with Crippen LogP contribution in [-0.2, 0) is 10.1 Å². The highest BCUT2D eigenvalue weighted by Crippen LogP contribution is 2.46. The van der Waals surface area contributed by atoms with Crippen molar-refractivity contribution in [2.75, 3.05) is 0 Å². The molecular formula is C15H13BrO3S. The minimum absolute atomic E-state index is 0.0525. The van der Waals surface area contributed by atoms with E-state index in [0.29, 0.717) is 12.2 Å². The number of halogens is 1. The molecule has 104 valence electrons. The Kier molecular flexibility index (Phi) is 3.56. The molecule has 0 heterocycles. The Morgan fingerprint density at radius 2 is 1.65 bits per heavy atom. The van der Waals surface area contributed by atoms with Gasteiger partial charge in [-0.05, 0) is 36.2 Å². The summed E-state index contributed by atoms with van der Waals surface area (Å²) in [6, 6.07) is 16.5. The summed E-state index contributed by atoms with van der Waals surface area (Å²) in [5.41, 5.74) is 1.06. The highest BCUT2D eigenvalue weighted by Gasteiger charge is 2.49. The van der Waals surface area contributed by atoms with E-state index >= 15 is 0 Å². The zero-order valence-corrected chi connectivity index (χ0v) is 13.0. The minimum Gasteiger partial charge on any atom is -0.382 e. The van der Waals surface area contributed by atoms with E-state index in [2.05, 4.69) is 15.9 Å². The molecule has 0 aliphatic heterocycles. The normalized spacial score (nSPS) is 21.4. The predicted molar refractivity (Wildman–Crippen MR) is 81.3 cm³/mol. The Hall–Kier alpha value is -1.33. The molecule has 1 aliphatic rings. The van der Waals surface area contributed by atoms with Gasteiger partial charge >= 0.3 is 10.1 Å². The molecule has 3 nitrogen and oxygen atoms in total. The van der Waals surface area contributed by atoms with E-state index < -0.39 is 15.4 Å². The zero-order chi connectivity index (χ0) is 14.2. The molecule has 1 saturated carbocycles. The van der Waals surface area contributed by atoms with Crippen LogP contribution in [0.5, 0.6) is 5.75 Å². The Balaban J connectivity index is 1.73. The van der Waals surface area contributed by atoms with Gasteiger partial charge in [0.05, 0.1) is 0 Å². The maximum atomic E-state index is 12.2. The first-order valence-corrected chi connectivity index (χ1v) is 8.56. The first-order valence-electron chi connectivity index (χ1n) is 6.30. The van der Waals surface area contributed by atoms with Crippen LogP contribution in [0.1, 0.15) is 17.9 Å². The summed E-state index contributed by atoms with van der Waals surface area (Å²) in [5, 5.41) is -0.437. The van der Waals surface area contributed by atoms with Crippen molar-refractivity contribution >= 4 is 26.0 Å². The smallest absolute Gasteiger partial charge is 0.312 e. The summed E-state index contributed by atoms with van der Waals surface area (Å²) < 4.78 is 30.5. The van der Waals surface area contributed by atoms with Crippen molar-refractivity contribution in [3.8, 4) is 5.75 Å². The molecule has 0 N–H and O–H groups in total. The summed E-state index contributed by atoms with van der Waals surface area (Å²) in [5.74, 6) is 0.406. The van der Waals surface area contributed by atoms with Gasteiger partial charge in [-0.3, -0.25) is 0 Å². The lowest BCUT2D eigenvalue weighted by molar-refractivity contribution is 0.483. The van der Waals surface area contributed by atoms with E-state index in [9.17, 15) is 8.42 Å². The van der Waals surface area contributed by atoms with E-state index in [4.69, 9.17) is 4.18 Å². The molecular weight excluding hydrogens is 340 g/mol. The fraction of sp³-hybridized carbons (Fsp3) is 0.200. The molecule has 1 fully saturated rings. The van der Waals surface area contributed by atoms with Gasteiger partial charge in [-0.2, -0.15) is 8.42 Å². The molecule has 1 aliphatic carbocycles. The Morgan fingerprint density at radius 3 is 2.30 bits per heavy atom. The number of hydrogen-bond donors (Lipinski definition) is 0. The van der Waals surface area contributed by atoms with Crippen molar-refractivity contribution in [2.45, 2.75) is 17.6 Å². The van der Waals surface area contributed by atoms with Gasteiger partial charge < -0.3 is 4.18 Å². The average Bonchev–Trinajstić information content (AvgIpc) is 3.23. The van der Waals surface area contributed by atoms with Gasteiger partial charge in [0.15, 0.2) is 0 Å². The molecule has 2 atom stereocenters. The molecule has 2 aromatic carbocycles. The molecule has 20 heavy (non-hydrogen) atoms. The summed E-state index contributed by atoms with van der Waals surface area (Å²) in [4.78, 5) is 0. The van der Waals surface area contributed by atoms with Gasteiger partial charge in [0.2, 0.25) is 0 Å². The lowest BCUT2D eigenvalue weighted by Gasteiger charge is -2.07. The summed E-state index contributed by atoms with van der Waals surface area (Å²) >= 11 is 3.30. The van der Waals surface area contributed by atoms with Crippen molar-refractivity contribution in [3.63, 3.8) is 0 Å². The molecule has 0 radical (unpaired) electrons. The highest BCUT2D eigenvalue weighted by atomic mass is 79.9. The zero-order valence-electron chi connectivity index (χ0n) is 10.6. The van der Waals surface area contributed by atoms with Crippen LogP contribution >= 0.6 is 15.9 Å². The maximum Gasteiger partial charge on any atom is 0.312 e. The lowest BCUT2D eigenvalue weighted by Crippen LogP contribution is -2.16. The second kappa shape index (κ2) is 5.22. The first kappa shape index (κ1) is 13.6. The van der Waals surface area contributed by atoms with Gasteiger partial charge in [0.1, 0.15) is 11.0 Å². The molecule has 2 aromatic rings. The fourth-order valence-corrected chi connectivity index (χ4v) is 4.00. The van der Waals surface area contributed by atoms with Gasteiger partial charge in [0.25, 0.3) is 0 Å². The van der Waals surface area contributed by atoms with Crippen molar-refractivity contribution in [2.24, 2.45) is 0 Å². The molecule has 3 rings (SSSR count). The Bertz CT molecular complexity index is 696. The third-order valence-electron chi connectivity index (χ3n) is 3.36. The quantitative estimate of drug-likeness (QED) is 0.787. The van der Waals surface area contributed by atoms with Crippen LogP contribution in [0.2, 0.25) is 0 Å². The molecule has 0 spiro atoms. The van der Waals surface area contributed by atoms with Crippen LogP contribution in [0.15, 0.2) is 59.1 Å². The fourth-order valence-electron chi connectivity index (χ4n) is 2.23. The summed E-state index contributed by atoms with van der Waals surface area (Å²) in [6.07, 6.45) is 0.628. The maximum absolute atomic E-state index is 12.2. The standard InChI is InChI=1S/C15H13BrO3S/c16-12-6-8-13(9-7-12)19-20(17,18)15-10-14(15)11-4-2-1-3-5-11/h1-9,14-15H,10H2. The van der Waals surface area contributed by atoms with Gasteiger partial charge in [0, 0.05) is 10.4 Å². The third kappa shape index (κ3) is 2.88. The number of benzene rings is 2. The van der Waals surface area contributed by atoms with E-state index in [1.54, 1.807) is 24.3 Å². The van der Waals surface area contributed by atoms with Crippen LogP contribution in [0.4, 0.5) is 0 Å². The summed E-state index contributed by atoms with van der Waals surface area (Å²) in [6.45, 7) is 0. The topological polar surface area (TPSA) is 43.4 Å². The van der Waals surface area contributed by atoms with Crippen LogP contribution in [0.3, 0.4) is 0 Å². The van der Waals surface area contributed by atoms with Crippen molar-refractivity contribution < 1.29 is 12.6 Å². The van der Waals surface area contributed by atoms with E-state index in [1.165, 1.54) is 0 Å². The van der Waals surface area contributed by atoms with Crippen LogP contribution < -0.4 is 4.18 Å². The van der Waals surface area contributed by atoms with E-state index in [1.807, 2.05) is 30.3 Å². The van der Waals surface area contributed by atoms with Gasteiger partial charge in [-0.15, -0.1) is 0 Å². The van der Waals surface area contributed by atoms with Crippen LogP contribution in [-0.4, -0.2) is 13.7 Å². The monoisotopic (exact) mass is 352 g/mol. The van der Waals surface area contributed by atoms with Gasteiger partial charge in [-0.1, -0.05) is 46.3 Å². The van der Waals surface area contributed by atoms with Crippen molar-refractivity contribution in [1.82, 2.24) is 0 Å². The molecule has 0 amide bonds. The van der Waals surface area contributed by atoms with Crippen LogP contribution in [0, 0.1) is 0 Å².